The predicted molar refractivity (Wildman–Crippen MR) is 124 cm³/mol. The molecule has 1 aromatic heterocycles. The SMILES string of the molecule is Cc1cc(-c2ccc([C@H](C)N3CC[C@@H](CCCN4CCCS4(=O)=O)OC3=O)cc2)ccn1. The van der Waals surface area contributed by atoms with Crippen molar-refractivity contribution >= 4 is 16.1 Å². The minimum absolute atomic E-state index is 0.0774. The third kappa shape index (κ3) is 5.13. The zero-order chi connectivity index (χ0) is 22.7. The van der Waals surface area contributed by atoms with Crippen LogP contribution in [0.4, 0.5) is 4.79 Å². The molecular formula is C24H31N3O4S. The van der Waals surface area contributed by atoms with Crippen LogP contribution in [0, 0.1) is 6.92 Å². The summed E-state index contributed by atoms with van der Waals surface area (Å²) in [5.41, 5.74) is 4.29. The fraction of sp³-hybridized carbons (Fsp3) is 0.500. The number of rotatable bonds is 7. The number of pyridine rings is 1. The van der Waals surface area contributed by atoms with Crippen LogP contribution in [-0.4, -0.2) is 60.2 Å². The first-order chi connectivity index (χ1) is 15.3. The van der Waals surface area contributed by atoms with E-state index in [0.29, 0.717) is 38.9 Å². The number of amides is 1. The first-order valence-electron chi connectivity index (χ1n) is 11.3. The van der Waals surface area contributed by atoms with Crippen molar-refractivity contribution in [1.29, 1.82) is 0 Å². The summed E-state index contributed by atoms with van der Waals surface area (Å²) in [7, 11) is -3.06. The molecule has 2 aliphatic heterocycles. The minimum atomic E-state index is -3.06. The van der Waals surface area contributed by atoms with Gasteiger partial charge in [0.25, 0.3) is 0 Å². The van der Waals surface area contributed by atoms with E-state index in [0.717, 1.165) is 28.8 Å². The van der Waals surface area contributed by atoms with Crippen LogP contribution in [0.5, 0.6) is 0 Å². The van der Waals surface area contributed by atoms with Gasteiger partial charge in [-0.2, -0.15) is 0 Å². The van der Waals surface area contributed by atoms with Gasteiger partial charge in [-0.05, 0) is 61.9 Å². The van der Waals surface area contributed by atoms with E-state index in [9.17, 15) is 13.2 Å². The quantitative estimate of drug-likeness (QED) is 0.624. The smallest absolute Gasteiger partial charge is 0.410 e. The number of hydrogen-bond donors (Lipinski definition) is 0. The van der Waals surface area contributed by atoms with Crippen molar-refractivity contribution in [2.24, 2.45) is 0 Å². The molecule has 4 rings (SSSR count). The molecular weight excluding hydrogens is 426 g/mol. The minimum Gasteiger partial charge on any atom is -0.446 e. The van der Waals surface area contributed by atoms with Gasteiger partial charge in [0.05, 0.1) is 11.8 Å². The average Bonchev–Trinajstić information content (AvgIpc) is 3.11. The Labute approximate surface area is 190 Å². The summed E-state index contributed by atoms with van der Waals surface area (Å²) in [5.74, 6) is 0.251. The molecule has 1 amide bonds. The molecule has 0 spiro atoms. The molecule has 0 N–H and O–H groups in total. The van der Waals surface area contributed by atoms with Gasteiger partial charge < -0.3 is 9.64 Å². The maximum atomic E-state index is 12.7. The Morgan fingerprint density at radius 1 is 1.16 bits per heavy atom. The third-order valence-corrected chi connectivity index (χ3v) is 8.38. The van der Waals surface area contributed by atoms with Gasteiger partial charge in [0.2, 0.25) is 10.0 Å². The predicted octanol–water partition coefficient (Wildman–Crippen LogP) is 4.14. The molecule has 2 aromatic rings. The molecule has 3 heterocycles. The highest BCUT2D eigenvalue weighted by atomic mass is 32.2. The monoisotopic (exact) mass is 457 g/mol. The molecule has 0 saturated carbocycles. The number of hydrogen-bond acceptors (Lipinski definition) is 5. The molecule has 2 saturated heterocycles. The first kappa shape index (κ1) is 22.7. The van der Waals surface area contributed by atoms with E-state index in [1.54, 1.807) is 9.21 Å². The maximum absolute atomic E-state index is 12.7. The highest BCUT2D eigenvalue weighted by molar-refractivity contribution is 7.89. The van der Waals surface area contributed by atoms with E-state index in [1.165, 1.54) is 0 Å². The number of carbonyl (C=O) groups is 1. The number of carbonyl (C=O) groups excluding carboxylic acids is 1. The number of cyclic esters (lactones) is 1. The van der Waals surface area contributed by atoms with Crippen LogP contribution in [0.1, 0.15) is 49.9 Å². The second kappa shape index (κ2) is 9.58. The van der Waals surface area contributed by atoms with Crippen LogP contribution in [0.15, 0.2) is 42.6 Å². The summed E-state index contributed by atoms with van der Waals surface area (Å²) in [5, 5.41) is 0. The molecule has 2 aliphatic rings. The van der Waals surface area contributed by atoms with Crippen molar-refractivity contribution in [3.05, 3.63) is 53.9 Å². The van der Waals surface area contributed by atoms with Gasteiger partial charge in [-0.3, -0.25) is 4.98 Å². The van der Waals surface area contributed by atoms with Crippen molar-refractivity contribution in [2.75, 3.05) is 25.4 Å². The second-order valence-electron chi connectivity index (χ2n) is 8.68. The van der Waals surface area contributed by atoms with Gasteiger partial charge >= 0.3 is 6.09 Å². The van der Waals surface area contributed by atoms with Gasteiger partial charge in [0.15, 0.2) is 0 Å². The number of sulfonamides is 1. The zero-order valence-corrected chi connectivity index (χ0v) is 19.6. The Balaban J connectivity index is 1.30. The number of nitrogens with zero attached hydrogens (tertiary/aromatic N) is 3. The molecule has 0 radical (unpaired) electrons. The van der Waals surface area contributed by atoms with E-state index in [2.05, 4.69) is 35.3 Å². The molecule has 0 aliphatic carbocycles. The lowest BCUT2D eigenvalue weighted by Gasteiger charge is -2.36. The molecule has 8 heteroatoms. The molecule has 0 unspecified atom stereocenters. The highest BCUT2D eigenvalue weighted by Crippen LogP contribution is 2.29. The van der Waals surface area contributed by atoms with E-state index >= 15 is 0 Å². The Bertz CT molecular complexity index is 1060. The summed E-state index contributed by atoms with van der Waals surface area (Å²) in [6, 6.07) is 12.2. The van der Waals surface area contributed by atoms with Crippen molar-refractivity contribution < 1.29 is 17.9 Å². The van der Waals surface area contributed by atoms with E-state index < -0.39 is 10.0 Å². The number of ether oxygens (including phenoxy) is 1. The third-order valence-electron chi connectivity index (χ3n) is 6.42. The van der Waals surface area contributed by atoms with Crippen molar-refractivity contribution in [3.8, 4) is 11.1 Å². The number of aryl methyl sites for hydroxylation is 1. The Morgan fingerprint density at radius 2 is 1.94 bits per heavy atom. The molecule has 2 atom stereocenters. The fourth-order valence-corrected chi connectivity index (χ4v) is 6.06. The van der Waals surface area contributed by atoms with Crippen LogP contribution in [0.3, 0.4) is 0 Å². The van der Waals surface area contributed by atoms with Crippen molar-refractivity contribution in [1.82, 2.24) is 14.2 Å². The van der Waals surface area contributed by atoms with Crippen LogP contribution in [0.25, 0.3) is 11.1 Å². The van der Waals surface area contributed by atoms with Crippen molar-refractivity contribution in [3.63, 3.8) is 0 Å². The molecule has 172 valence electrons. The summed E-state index contributed by atoms with van der Waals surface area (Å²) in [4.78, 5) is 18.7. The lowest BCUT2D eigenvalue weighted by Crippen LogP contribution is -2.43. The largest absolute Gasteiger partial charge is 0.446 e. The molecule has 0 bridgehead atoms. The molecule has 32 heavy (non-hydrogen) atoms. The van der Waals surface area contributed by atoms with Crippen LogP contribution < -0.4 is 0 Å². The van der Waals surface area contributed by atoms with Crippen molar-refractivity contribution in [2.45, 2.75) is 51.7 Å². The van der Waals surface area contributed by atoms with E-state index in [4.69, 9.17) is 4.74 Å². The topological polar surface area (TPSA) is 79.8 Å². The summed E-state index contributed by atoms with van der Waals surface area (Å²) < 4.78 is 31.0. The van der Waals surface area contributed by atoms with Gasteiger partial charge in [-0.15, -0.1) is 0 Å². The number of aromatic nitrogens is 1. The van der Waals surface area contributed by atoms with Crippen LogP contribution >= 0.6 is 0 Å². The number of benzene rings is 1. The first-order valence-corrected chi connectivity index (χ1v) is 12.9. The molecule has 1 aromatic carbocycles. The van der Waals surface area contributed by atoms with Gasteiger partial charge in [-0.1, -0.05) is 24.3 Å². The van der Waals surface area contributed by atoms with E-state index in [-0.39, 0.29) is 24.0 Å². The fourth-order valence-electron chi connectivity index (χ4n) is 4.50. The molecule has 7 nitrogen and oxygen atoms in total. The highest BCUT2D eigenvalue weighted by Gasteiger charge is 2.32. The lowest BCUT2D eigenvalue weighted by molar-refractivity contribution is 0.00888. The Kier molecular flexibility index (Phi) is 6.81. The van der Waals surface area contributed by atoms with Gasteiger partial charge in [0.1, 0.15) is 6.10 Å². The summed E-state index contributed by atoms with van der Waals surface area (Å²) in [6.45, 7) is 5.75. The lowest BCUT2D eigenvalue weighted by atomic mass is 10.00. The average molecular weight is 458 g/mol. The zero-order valence-electron chi connectivity index (χ0n) is 18.7. The summed E-state index contributed by atoms with van der Waals surface area (Å²) in [6.07, 6.45) is 4.24. The van der Waals surface area contributed by atoms with E-state index in [1.807, 2.05) is 26.1 Å². The van der Waals surface area contributed by atoms with Gasteiger partial charge in [0, 0.05) is 37.9 Å². The normalized spacial score (nSPS) is 22.0. The molecule has 2 fully saturated rings. The standard InChI is InChI=1S/C24H31N3O4S/c1-18-17-22(10-12-25-18)21-8-6-20(7-9-21)19(2)27-15-11-23(31-24(27)28)5-3-13-26-14-4-16-32(26,29)30/h6-10,12,17,19,23H,3-5,11,13-16H2,1-2H3/t19-,23+/m0/s1. The Morgan fingerprint density at radius 3 is 2.59 bits per heavy atom. The Hall–Kier alpha value is -2.45. The van der Waals surface area contributed by atoms with Crippen LogP contribution in [0.2, 0.25) is 0 Å². The second-order valence-corrected chi connectivity index (χ2v) is 10.8. The van der Waals surface area contributed by atoms with Crippen LogP contribution in [-0.2, 0) is 14.8 Å². The summed E-state index contributed by atoms with van der Waals surface area (Å²) >= 11 is 0. The van der Waals surface area contributed by atoms with Gasteiger partial charge in [-0.25, -0.2) is 17.5 Å². The maximum Gasteiger partial charge on any atom is 0.410 e.